The van der Waals surface area contributed by atoms with Gasteiger partial charge in [0.2, 0.25) is 0 Å². The summed E-state index contributed by atoms with van der Waals surface area (Å²) in [5.41, 5.74) is 2.26. The second-order valence-corrected chi connectivity index (χ2v) is 6.79. The van der Waals surface area contributed by atoms with Crippen molar-refractivity contribution in [3.05, 3.63) is 45.8 Å². The number of likely N-dealkylation sites (N-methyl/N-ethyl adjacent to an activating group) is 1. The van der Waals surface area contributed by atoms with Crippen LogP contribution in [0.4, 0.5) is 5.00 Å². The van der Waals surface area contributed by atoms with E-state index >= 15 is 0 Å². The van der Waals surface area contributed by atoms with E-state index in [1.165, 1.54) is 11.3 Å². The number of benzene rings is 1. The minimum atomic E-state index is -0.316. The van der Waals surface area contributed by atoms with Crippen LogP contribution in [0.25, 0.3) is 0 Å². The number of ether oxygens (including phenoxy) is 1. The number of rotatable bonds is 4. The zero-order valence-corrected chi connectivity index (χ0v) is 14.6. The highest BCUT2D eigenvalue weighted by atomic mass is 32.1. The third kappa shape index (κ3) is 3.34. The molecule has 1 aliphatic heterocycles. The predicted octanol–water partition coefficient (Wildman–Crippen LogP) is 3.37. The van der Waals surface area contributed by atoms with Crippen molar-refractivity contribution in [3.8, 4) is 5.75 Å². The summed E-state index contributed by atoms with van der Waals surface area (Å²) in [6.45, 7) is 3.87. The fourth-order valence-electron chi connectivity index (χ4n) is 2.75. The normalized spacial score (nSPS) is 14.8. The molecule has 0 unspecified atom stereocenters. The molecule has 5 nitrogen and oxygen atoms in total. The third-order valence-corrected chi connectivity index (χ3v) is 5.09. The molecule has 3 rings (SSSR count). The number of carbonyl (C=O) groups is 1. The number of carbonyl (C=O) groups excluding carboxylic acids is 1. The topological polar surface area (TPSA) is 62.1 Å². The van der Waals surface area contributed by atoms with Crippen LogP contribution in [0.3, 0.4) is 0 Å². The van der Waals surface area contributed by atoms with Crippen molar-refractivity contribution in [1.29, 1.82) is 0 Å². The molecule has 1 N–H and O–H groups in total. The molecule has 0 spiro atoms. The standard InChI is InChI=1S/C18H20N2O3S/c1-3-23-18(22)16-13-8-9-20(2)11-15(13)24-17(16)19-10-12-6-4-5-7-14(12)21/h4-7,10,21H,3,8-9,11H2,1-2H3. The molecule has 0 bridgehead atoms. The molecule has 6 heteroatoms. The fraction of sp³-hybridized carbons (Fsp3) is 0.333. The number of aromatic hydroxyl groups is 1. The molecule has 1 aromatic heterocycles. The molecule has 0 aliphatic carbocycles. The van der Waals surface area contributed by atoms with E-state index in [4.69, 9.17) is 4.74 Å². The van der Waals surface area contributed by atoms with Gasteiger partial charge in [-0.05, 0) is 38.1 Å². The number of nitrogens with zero attached hydrogens (tertiary/aromatic N) is 2. The Morgan fingerprint density at radius 2 is 2.25 bits per heavy atom. The van der Waals surface area contributed by atoms with Gasteiger partial charge in [0.25, 0.3) is 0 Å². The van der Waals surface area contributed by atoms with Crippen molar-refractivity contribution in [2.45, 2.75) is 19.9 Å². The van der Waals surface area contributed by atoms with Crippen LogP contribution in [-0.2, 0) is 17.7 Å². The monoisotopic (exact) mass is 344 g/mol. The van der Waals surface area contributed by atoms with Crippen molar-refractivity contribution in [3.63, 3.8) is 0 Å². The summed E-state index contributed by atoms with van der Waals surface area (Å²) in [6, 6.07) is 6.99. The molecule has 2 aromatic rings. The first kappa shape index (κ1) is 16.7. The Balaban J connectivity index is 2.00. The van der Waals surface area contributed by atoms with Gasteiger partial charge >= 0.3 is 5.97 Å². The average molecular weight is 344 g/mol. The molecular weight excluding hydrogens is 324 g/mol. The van der Waals surface area contributed by atoms with Crippen LogP contribution in [0.1, 0.15) is 33.3 Å². The van der Waals surface area contributed by atoms with E-state index in [-0.39, 0.29) is 11.7 Å². The Morgan fingerprint density at radius 3 is 3.00 bits per heavy atom. The molecule has 0 atom stereocenters. The van der Waals surface area contributed by atoms with Gasteiger partial charge in [-0.25, -0.2) is 9.79 Å². The third-order valence-electron chi connectivity index (χ3n) is 3.97. The lowest BCUT2D eigenvalue weighted by atomic mass is 10.0. The maximum absolute atomic E-state index is 12.4. The Bertz CT molecular complexity index is 783. The van der Waals surface area contributed by atoms with E-state index < -0.39 is 0 Å². The summed E-state index contributed by atoms with van der Waals surface area (Å²) in [4.78, 5) is 20.3. The first-order valence-electron chi connectivity index (χ1n) is 7.92. The van der Waals surface area contributed by atoms with E-state index in [0.717, 1.165) is 30.0 Å². The zero-order chi connectivity index (χ0) is 17.1. The largest absolute Gasteiger partial charge is 0.507 e. The van der Waals surface area contributed by atoms with Crippen molar-refractivity contribution < 1.29 is 14.6 Å². The zero-order valence-electron chi connectivity index (χ0n) is 13.8. The van der Waals surface area contributed by atoms with Crippen molar-refractivity contribution in [2.75, 3.05) is 20.2 Å². The Hall–Kier alpha value is -2.18. The van der Waals surface area contributed by atoms with Crippen molar-refractivity contribution in [1.82, 2.24) is 4.90 Å². The van der Waals surface area contributed by atoms with Gasteiger partial charge in [0.15, 0.2) is 0 Å². The maximum Gasteiger partial charge on any atom is 0.341 e. The van der Waals surface area contributed by atoms with Gasteiger partial charge in [0.1, 0.15) is 10.8 Å². The van der Waals surface area contributed by atoms with E-state index in [1.807, 2.05) is 6.07 Å². The number of para-hydroxylation sites is 1. The second kappa shape index (κ2) is 7.15. The molecule has 0 saturated heterocycles. The van der Waals surface area contributed by atoms with Gasteiger partial charge in [-0.2, -0.15) is 0 Å². The highest BCUT2D eigenvalue weighted by Gasteiger charge is 2.27. The number of aliphatic imine (C=N–C) groups is 1. The number of hydrogen-bond donors (Lipinski definition) is 1. The summed E-state index contributed by atoms with van der Waals surface area (Å²) in [5.74, 6) is -0.149. The van der Waals surface area contributed by atoms with Gasteiger partial charge in [-0.1, -0.05) is 12.1 Å². The number of phenols is 1. The smallest absolute Gasteiger partial charge is 0.341 e. The van der Waals surface area contributed by atoms with Crippen LogP contribution in [-0.4, -0.2) is 42.4 Å². The summed E-state index contributed by atoms with van der Waals surface area (Å²) < 4.78 is 5.23. The lowest BCUT2D eigenvalue weighted by Gasteiger charge is -2.22. The molecule has 0 saturated carbocycles. The summed E-state index contributed by atoms with van der Waals surface area (Å²) in [6.07, 6.45) is 2.42. The quantitative estimate of drug-likeness (QED) is 0.682. The van der Waals surface area contributed by atoms with Crippen molar-refractivity contribution in [2.24, 2.45) is 4.99 Å². The van der Waals surface area contributed by atoms with Gasteiger partial charge in [-0.3, -0.25) is 0 Å². The molecule has 1 aliphatic rings. The predicted molar refractivity (Wildman–Crippen MR) is 95.7 cm³/mol. The van der Waals surface area contributed by atoms with Crippen LogP contribution in [0.5, 0.6) is 5.75 Å². The number of phenolic OH excluding ortho intramolecular Hbond substituents is 1. The molecular formula is C18H20N2O3S. The molecule has 0 amide bonds. The minimum absolute atomic E-state index is 0.167. The van der Waals surface area contributed by atoms with Gasteiger partial charge < -0.3 is 14.7 Å². The average Bonchev–Trinajstić information content (AvgIpc) is 2.91. The first-order valence-corrected chi connectivity index (χ1v) is 8.74. The van der Waals surface area contributed by atoms with Crippen LogP contribution >= 0.6 is 11.3 Å². The summed E-state index contributed by atoms with van der Waals surface area (Å²) in [7, 11) is 2.07. The van der Waals surface area contributed by atoms with E-state index in [9.17, 15) is 9.90 Å². The number of hydrogen-bond acceptors (Lipinski definition) is 6. The maximum atomic E-state index is 12.4. The highest BCUT2D eigenvalue weighted by Crippen LogP contribution is 2.39. The molecule has 24 heavy (non-hydrogen) atoms. The second-order valence-electron chi connectivity index (χ2n) is 5.71. The fourth-order valence-corrected chi connectivity index (χ4v) is 4.01. The Labute approximate surface area is 145 Å². The SMILES string of the molecule is CCOC(=O)c1c(N=Cc2ccccc2O)sc2c1CCN(C)C2. The van der Waals surface area contributed by atoms with Crippen LogP contribution in [0, 0.1) is 0 Å². The molecule has 0 radical (unpaired) electrons. The Kier molecular flexibility index (Phi) is 4.97. The lowest BCUT2D eigenvalue weighted by molar-refractivity contribution is 0.0526. The highest BCUT2D eigenvalue weighted by molar-refractivity contribution is 7.16. The molecule has 1 aromatic carbocycles. The number of thiophene rings is 1. The summed E-state index contributed by atoms with van der Waals surface area (Å²) >= 11 is 1.52. The number of esters is 1. The first-order chi connectivity index (χ1) is 11.6. The van der Waals surface area contributed by atoms with Crippen LogP contribution < -0.4 is 0 Å². The minimum Gasteiger partial charge on any atom is -0.507 e. The molecule has 2 heterocycles. The summed E-state index contributed by atoms with van der Waals surface area (Å²) in [5, 5.41) is 10.5. The van der Waals surface area contributed by atoms with Gasteiger partial charge in [0.05, 0.1) is 12.2 Å². The van der Waals surface area contributed by atoms with Gasteiger partial charge in [-0.15, -0.1) is 11.3 Å². The van der Waals surface area contributed by atoms with E-state index in [1.54, 1.807) is 31.3 Å². The molecule has 126 valence electrons. The van der Waals surface area contributed by atoms with E-state index in [2.05, 4.69) is 16.9 Å². The van der Waals surface area contributed by atoms with Crippen molar-refractivity contribution >= 4 is 28.5 Å². The van der Waals surface area contributed by atoms with E-state index in [0.29, 0.717) is 22.7 Å². The van der Waals surface area contributed by atoms with Crippen LogP contribution in [0.2, 0.25) is 0 Å². The van der Waals surface area contributed by atoms with Crippen LogP contribution in [0.15, 0.2) is 29.3 Å². The lowest BCUT2D eigenvalue weighted by Crippen LogP contribution is -2.26. The Morgan fingerprint density at radius 1 is 1.46 bits per heavy atom. The number of fused-ring (bicyclic) bond motifs is 1. The van der Waals surface area contributed by atoms with Gasteiger partial charge in [0, 0.05) is 29.7 Å². The molecule has 0 fully saturated rings.